The van der Waals surface area contributed by atoms with Gasteiger partial charge in [-0.1, -0.05) is 55.5 Å². The summed E-state index contributed by atoms with van der Waals surface area (Å²) in [5, 5.41) is 5.43. The number of anilines is 1. The molecule has 1 aliphatic heterocycles. The maximum atomic E-state index is 13.1. The Morgan fingerprint density at radius 2 is 1.66 bits per heavy atom. The number of nitrogens with one attached hydrogen (secondary N) is 2. The van der Waals surface area contributed by atoms with E-state index >= 15 is 0 Å². The molecule has 1 fully saturated rings. The van der Waals surface area contributed by atoms with Crippen molar-refractivity contribution in [3.63, 3.8) is 0 Å². The Morgan fingerprint density at radius 3 is 2.39 bits per heavy atom. The first kappa shape index (κ1) is 27.5. The second-order valence-electron chi connectivity index (χ2n) is 9.87. The molecule has 0 unspecified atom stereocenters. The number of ether oxygens (including phenoxy) is 1. The minimum Gasteiger partial charge on any atom is -0.489 e. The number of carbonyl (C=O) groups excluding carboxylic acids is 3. The number of carbonyl (C=O) groups is 3. The number of amides is 4. The highest BCUT2D eigenvalue weighted by Gasteiger charge is 2.35. The van der Waals surface area contributed by atoms with Gasteiger partial charge in [-0.2, -0.15) is 0 Å². The van der Waals surface area contributed by atoms with E-state index < -0.39 is 17.8 Å². The third-order valence-corrected chi connectivity index (χ3v) is 7.05. The molecule has 0 saturated carbocycles. The van der Waals surface area contributed by atoms with Crippen LogP contribution in [-0.4, -0.2) is 33.9 Å². The highest BCUT2D eigenvalue weighted by Crippen LogP contribution is 2.26. The normalized spacial score (nSPS) is 13.9. The van der Waals surface area contributed by atoms with Crippen molar-refractivity contribution in [3.8, 4) is 11.4 Å². The number of hydrogen-bond acceptors (Lipinski definition) is 4. The first-order valence-electron chi connectivity index (χ1n) is 13.5. The summed E-state index contributed by atoms with van der Waals surface area (Å²) in [5.74, 6) is -0.215. The highest BCUT2D eigenvalue weighted by atomic mass is 16.5. The minimum atomic E-state index is -0.625. The van der Waals surface area contributed by atoms with Gasteiger partial charge in [0.05, 0.1) is 0 Å². The number of aryl methyl sites for hydroxylation is 2. The van der Waals surface area contributed by atoms with Crippen LogP contribution in [-0.2, 0) is 22.6 Å². The number of urea groups is 1. The monoisotopic (exact) mass is 548 g/mol. The van der Waals surface area contributed by atoms with E-state index in [-0.39, 0.29) is 12.2 Å². The molecule has 0 spiro atoms. The average molecular weight is 549 g/mol. The van der Waals surface area contributed by atoms with Crippen molar-refractivity contribution in [2.75, 3.05) is 11.9 Å². The van der Waals surface area contributed by atoms with Crippen LogP contribution in [0.2, 0.25) is 0 Å². The van der Waals surface area contributed by atoms with Crippen molar-refractivity contribution in [1.29, 1.82) is 0 Å². The lowest BCUT2D eigenvalue weighted by Gasteiger charge is -2.13. The smallest absolute Gasteiger partial charge is 0.329 e. The third-order valence-electron chi connectivity index (χ3n) is 7.05. The molecule has 1 aromatic heterocycles. The molecule has 4 amide bonds. The molecule has 8 heteroatoms. The van der Waals surface area contributed by atoms with Crippen LogP contribution in [0.3, 0.4) is 0 Å². The van der Waals surface area contributed by atoms with Crippen LogP contribution in [0.25, 0.3) is 11.8 Å². The Kier molecular flexibility index (Phi) is 8.01. The summed E-state index contributed by atoms with van der Waals surface area (Å²) in [6.45, 7) is 6.04. The molecule has 2 heterocycles. The van der Waals surface area contributed by atoms with E-state index in [4.69, 9.17) is 4.74 Å². The van der Waals surface area contributed by atoms with Crippen molar-refractivity contribution < 1.29 is 19.1 Å². The van der Waals surface area contributed by atoms with Crippen LogP contribution >= 0.6 is 0 Å². The van der Waals surface area contributed by atoms with E-state index in [0.29, 0.717) is 12.3 Å². The fourth-order valence-corrected chi connectivity index (χ4v) is 4.92. The van der Waals surface area contributed by atoms with Gasteiger partial charge in [-0.3, -0.25) is 9.59 Å². The number of rotatable bonds is 9. The molecular formula is C33H32N4O4. The number of imide groups is 1. The van der Waals surface area contributed by atoms with E-state index in [9.17, 15) is 14.4 Å². The van der Waals surface area contributed by atoms with Crippen LogP contribution in [0.5, 0.6) is 5.75 Å². The molecule has 5 rings (SSSR count). The molecule has 4 aromatic rings. The van der Waals surface area contributed by atoms with E-state index in [1.807, 2.05) is 99.6 Å². The summed E-state index contributed by atoms with van der Waals surface area (Å²) in [4.78, 5) is 39.3. The Hall–Kier alpha value is -5.11. The maximum absolute atomic E-state index is 13.1. The zero-order valence-corrected chi connectivity index (χ0v) is 23.3. The molecule has 0 aliphatic carbocycles. The van der Waals surface area contributed by atoms with Crippen LogP contribution in [0.1, 0.15) is 35.0 Å². The summed E-state index contributed by atoms with van der Waals surface area (Å²) in [5.41, 5.74) is 6.48. The lowest BCUT2D eigenvalue weighted by atomic mass is 10.1. The third kappa shape index (κ3) is 6.06. The van der Waals surface area contributed by atoms with Gasteiger partial charge in [-0.15, -0.1) is 0 Å². The van der Waals surface area contributed by atoms with Crippen molar-refractivity contribution >= 4 is 29.6 Å². The van der Waals surface area contributed by atoms with Crippen LogP contribution in [0, 0.1) is 13.8 Å². The number of para-hydroxylation sites is 1. The van der Waals surface area contributed by atoms with Gasteiger partial charge in [0.25, 0.3) is 5.91 Å². The SMILES string of the molecule is CCc1ccccc1NC(=O)CN1C(=O)N/C(=C/c2cc(C)n(-c3ccc(OCc4ccccc4)cc3)c2C)C1=O. The second-order valence-corrected chi connectivity index (χ2v) is 9.87. The Morgan fingerprint density at radius 1 is 0.951 bits per heavy atom. The molecule has 0 bridgehead atoms. The quantitative estimate of drug-likeness (QED) is 0.205. The molecular weight excluding hydrogens is 516 g/mol. The largest absolute Gasteiger partial charge is 0.489 e. The van der Waals surface area contributed by atoms with Gasteiger partial charge in [-0.05, 0) is 79.4 Å². The zero-order valence-electron chi connectivity index (χ0n) is 23.3. The van der Waals surface area contributed by atoms with E-state index in [0.717, 1.165) is 50.8 Å². The van der Waals surface area contributed by atoms with Gasteiger partial charge in [0.2, 0.25) is 5.91 Å². The standard InChI is InChI=1S/C33H32N4O4/c1-4-25-12-8-9-13-29(25)34-31(38)20-36-32(39)30(35-33(36)40)19-26-18-22(2)37(23(26)3)27-14-16-28(17-15-27)41-21-24-10-6-5-7-11-24/h5-19H,4,20-21H2,1-3H3,(H,34,38)(H,35,40)/b30-19+. The van der Waals surface area contributed by atoms with Crippen LogP contribution in [0.4, 0.5) is 10.5 Å². The Bertz CT molecular complexity index is 1620. The van der Waals surface area contributed by atoms with Gasteiger partial charge in [-0.25, -0.2) is 9.69 Å². The first-order chi connectivity index (χ1) is 19.8. The number of hydrogen-bond donors (Lipinski definition) is 2. The molecule has 3 aromatic carbocycles. The van der Waals surface area contributed by atoms with Gasteiger partial charge in [0.1, 0.15) is 24.6 Å². The van der Waals surface area contributed by atoms with Gasteiger partial charge in [0, 0.05) is 22.8 Å². The first-order valence-corrected chi connectivity index (χ1v) is 13.5. The molecule has 41 heavy (non-hydrogen) atoms. The van der Waals surface area contributed by atoms with E-state index in [1.165, 1.54) is 0 Å². The predicted molar refractivity (Wildman–Crippen MR) is 159 cm³/mol. The number of benzene rings is 3. The lowest BCUT2D eigenvalue weighted by molar-refractivity contribution is -0.127. The van der Waals surface area contributed by atoms with Crippen molar-refractivity contribution in [3.05, 3.63) is 119 Å². The molecule has 0 atom stereocenters. The average Bonchev–Trinajstić information content (AvgIpc) is 3.41. The summed E-state index contributed by atoms with van der Waals surface area (Å²) < 4.78 is 7.99. The number of aromatic nitrogens is 1. The van der Waals surface area contributed by atoms with Crippen molar-refractivity contribution in [1.82, 2.24) is 14.8 Å². The highest BCUT2D eigenvalue weighted by molar-refractivity contribution is 6.16. The summed E-state index contributed by atoms with van der Waals surface area (Å²) in [6.07, 6.45) is 2.40. The second kappa shape index (κ2) is 12.0. The molecule has 208 valence electrons. The fourth-order valence-electron chi connectivity index (χ4n) is 4.92. The van der Waals surface area contributed by atoms with Gasteiger partial charge >= 0.3 is 6.03 Å². The Balaban J connectivity index is 1.28. The molecule has 8 nitrogen and oxygen atoms in total. The van der Waals surface area contributed by atoms with E-state index in [2.05, 4.69) is 15.2 Å². The summed E-state index contributed by atoms with van der Waals surface area (Å²) in [6, 6.07) is 26.6. The predicted octanol–water partition coefficient (Wildman–Crippen LogP) is 5.77. The molecule has 1 saturated heterocycles. The van der Waals surface area contributed by atoms with Crippen LogP contribution in [0.15, 0.2) is 90.6 Å². The zero-order chi connectivity index (χ0) is 28.9. The van der Waals surface area contributed by atoms with Crippen molar-refractivity contribution in [2.45, 2.75) is 33.8 Å². The number of nitrogens with zero attached hydrogens (tertiary/aromatic N) is 2. The fraction of sp³-hybridized carbons (Fsp3) is 0.182. The summed E-state index contributed by atoms with van der Waals surface area (Å²) in [7, 11) is 0. The van der Waals surface area contributed by atoms with Crippen LogP contribution < -0.4 is 15.4 Å². The Labute approximate surface area is 239 Å². The lowest BCUT2D eigenvalue weighted by Crippen LogP contribution is -2.38. The molecule has 1 aliphatic rings. The topological polar surface area (TPSA) is 92.7 Å². The molecule has 0 radical (unpaired) electrons. The summed E-state index contributed by atoms with van der Waals surface area (Å²) >= 11 is 0. The van der Waals surface area contributed by atoms with Crippen molar-refractivity contribution in [2.24, 2.45) is 0 Å². The van der Waals surface area contributed by atoms with E-state index in [1.54, 1.807) is 12.1 Å². The minimum absolute atomic E-state index is 0.127. The van der Waals surface area contributed by atoms with Gasteiger partial charge < -0.3 is 19.9 Å². The van der Waals surface area contributed by atoms with Gasteiger partial charge in [0.15, 0.2) is 0 Å². The maximum Gasteiger partial charge on any atom is 0.329 e. The molecule has 2 N–H and O–H groups in total.